The van der Waals surface area contributed by atoms with E-state index in [1.54, 1.807) is 0 Å². The molecule has 0 saturated heterocycles. The lowest BCUT2D eigenvalue weighted by Gasteiger charge is -2.24. The van der Waals surface area contributed by atoms with E-state index in [-0.39, 0.29) is 12.1 Å². The molecule has 2 nitrogen and oxygen atoms in total. The zero-order valence-corrected chi connectivity index (χ0v) is 11.2. The van der Waals surface area contributed by atoms with Crippen LogP contribution >= 0.6 is 0 Å². The van der Waals surface area contributed by atoms with Crippen molar-refractivity contribution in [2.45, 2.75) is 45.8 Å². The Labute approximate surface area is 105 Å². The van der Waals surface area contributed by atoms with E-state index in [0.29, 0.717) is 5.92 Å². The molecule has 2 heteroatoms. The number of nitrogens with two attached hydrogens (primary N) is 1. The largest absolute Gasteiger partial charge is 0.376 e. The van der Waals surface area contributed by atoms with Crippen LogP contribution in [0, 0.1) is 5.92 Å². The van der Waals surface area contributed by atoms with E-state index < -0.39 is 0 Å². The van der Waals surface area contributed by atoms with Crippen LogP contribution in [0.15, 0.2) is 30.3 Å². The van der Waals surface area contributed by atoms with Gasteiger partial charge in [0.1, 0.15) is 0 Å². The van der Waals surface area contributed by atoms with Crippen LogP contribution in [-0.4, -0.2) is 12.7 Å². The summed E-state index contributed by atoms with van der Waals surface area (Å²) in [6, 6.07) is 10.2. The average molecular weight is 235 g/mol. The van der Waals surface area contributed by atoms with Crippen molar-refractivity contribution in [1.82, 2.24) is 0 Å². The van der Waals surface area contributed by atoms with Gasteiger partial charge in [0, 0.05) is 6.61 Å². The lowest BCUT2D eigenvalue weighted by Crippen LogP contribution is -2.29. The van der Waals surface area contributed by atoms with Crippen LogP contribution in [0.4, 0.5) is 0 Å². The van der Waals surface area contributed by atoms with Gasteiger partial charge in [0.05, 0.1) is 12.1 Å². The van der Waals surface area contributed by atoms with Crippen LogP contribution < -0.4 is 5.73 Å². The zero-order chi connectivity index (χ0) is 12.7. The summed E-state index contributed by atoms with van der Waals surface area (Å²) in [5, 5.41) is 0. The Morgan fingerprint density at radius 2 is 1.82 bits per heavy atom. The van der Waals surface area contributed by atoms with Crippen molar-refractivity contribution in [1.29, 1.82) is 0 Å². The summed E-state index contributed by atoms with van der Waals surface area (Å²) in [5.41, 5.74) is 7.40. The summed E-state index contributed by atoms with van der Waals surface area (Å²) < 4.78 is 5.89. The van der Waals surface area contributed by atoms with Gasteiger partial charge in [-0.3, -0.25) is 0 Å². The Morgan fingerprint density at radius 1 is 1.18 bits per heavy atom. The Kier molecular flexibility index (Phi) is 6.23. The minimum atomic E-state index is -0.0200. The molecule has 17 heavy (non-hydrogen) atoms. The molecule has 0 bridgehead atoms. The van der Waals surface area contributed by atoms with E-state index in [1.807, 2.05) is 18.2 Å². The van der Waals surface area contributed by atoms with Crippen molar-refractivity contribution in [3.63, 3.8) is 0 Å². The Balaban J connectivity index is 2.49. The minimum absolute atomic E-state index is 0.0200. The smallest absolute Gasteiger partial charge is 0.0765 e. The van der Waals surface area contributed by atoms with Crippen molar-refractivity contribution in [3.8, 4) is 0 Å². The molecular formula is C15H25NO. The Morgan fingerprint density at radius 3 is 2.35 bits per heavy atom. The summed E-state index contributed by atoms with van der Waals surface area (Å²) in [5.74, 6) is 0.681. The molecule has 0 fully saturated rings. The monoisotopic (exact) mass is 235 g/mol. The van der Waals surface area contributed by atoms with Crippen molar-refractivity contribution in [3.05, 3.63) is 35.9 Å². The summed E-state index contributed by atoms with van der Waals surface area (Å²) in [7, 11) is 0. The number of rotatable bonds is 7. The maximum atomic E-state index is 6.24. The molecule has 0 radical (unpaired) electrons. The van der Waals surface area contributed by atoms with Gasteiger partial charge in [-0.15, -0.1) is 0 Å². The third kappa shape index (κ3) is 4.88. The SMILES string of the molecule is CCC(OCCC(C)C)C(N)c1ccccc1. The van der Waals surface area contributed by atoms with Crippen molar-refractivity contribution < 1.29 is 4.74 Å². The highest BCUT2D eigenvalue weighted by Crippen LogP contribution is 2.19. The van der Waals surface area contributed by atoms with Crippen molar-refractivity contribution in [2.24, 2.45) is 11.7 Å². The van der Waals surface area contributed by atoms with Gasteiger partial charge in [0.25, 0.3) is 0 Å². The molecule has 2 atom stereocenters. The van der Waals surface area contributed by atoms with E-state index in [1.165, 1.54) is 0 Å². The normalized spacial score (nSPS) is 14.9. The second-order valence-electron chi connectivity index (χ2n) is 4.94. The molecule has 96 valence electrons. The van der Waals surface area contributed by atoms with Crippen LogP contribution in [0.1, 0.15) is 45.2 Å². The fraction of sp³-hybridized carbons (Fsp3) is 0.600. The number of hydrogen-bond donors (Lipinski definition) is 1. The van der Waals surface area contributed by atoms with E-state index in [2.05, 4.69) is 32.9 Å². The first-order valence-electron chi connectivity index (χ1n) is 6.57. The van der Waals surface area contributed by atoms with Crippen molar-refractivity contribution >= 4 is 0 Å². The van der Waals surface area contributed by atoms with Crippen LogP contribution in [0.2, 0.25) is 0 Å². The lowest BCUT2D eigenvalue weighted by atomic mass is 10.0. The number of ether oxygens (including phenoxy) is 1. The number of benzene rings is 1. The van der Waals surface area contributed by atoms with Crippen LogP contribution in [0.25, 0.3) is 0 Å². The highest BCUT2D eigenvalue weighted by atomic mass is 16.5. The predicted molar refractivity (Wildman–Crippen MR) is 72.9 cm³/mol. The molecule has 1 aromatic rings. The number of hydrogen-bond acceptors (Lipinski definition) is 2. The van der Waals surface area contributed by atoms with Gasteiger partial charge in [0.2, 0.25) is 0 Å². The third-order valence-electron chi connectivity index (χ3n) is 3.01. The van der Waals surface area contributed by atoms with Gasteiger partial charge >= 0.3 is 0 Å². The molecule has 0 heterocycles. The second-order valence-corrected chi connectivity index (χ2v) is 4.94. The van der Waals surface area contributed by atoms with Gasteiger partial charge in [-0.05, 0) is 24.3 Å². The summed E-state index contributed by atoms with van der Waals surface area (Å²) >= 11 is 0. The maximum absolute atomic E-state index is 6.24. The van der Waals surface area contributed by atoms with Gasteiger partial charge in [-0.2, -0.15) is 0 Å². The van der Waals surface area contributed by atoms with E-state index >= 15 is 0 Å². The first kappa shape index (κ1) is 14.2. The fourth-order valence-electron chi connectivity index (χ4n) is 1.82. The van der Waals surface area contributed by atoms with Crippen molar-refractivity contribution in [2.75, 3.05) is 6.61 Å². The van der Waals surface area contributed by atoms with Crippen LogP contribution in [0.5, 0.6) is 0 Å². The van der Waals surface area contributed by atoms with E-state index in [4.69, 9.17) is 10.5 Å². The van der Waals surface area contributed by atoms with Gasteiger partial charge in [-0.1, -0.05) is 51.1 Å². The molecule has 0 aliphatic carbocycles. The molecule has 2 unspecified atom stereocenters. The summed E-state index contributed by atoms with van der Waals surface area (Å²) in [4.78, 5) is 0. The van der Waals surface area contributed by atoms with Crippen LogP contribution in [-0.2, 0) is 4.74 Å². The average Bonchev–Trinajstić information content (AvgIpc) is 2.34. The minimum Gasteiger partial charge on any atom is -0.376 e. The maximum Gasteiger partial charge on any atom is 0.0765 e. The molecular weight excluding hydrogens is 210 g/mol. The molecule has 1 aromatic carbocycles. The van der Waals surface area contributed by atoms with E-state index in [0.717, 1.165) is 25.0 Å². The molecule has 0 saturated carbocycles. The third-order valence-corrected chi connectivity index (χ3v) is 3.01. The lowest BCUT2D eigenvalue weighted by molar-refractivity contribution is 0.0268. The molecule has 0 aliphatic rings. The topological polar surface area (TPSA) is 35.2 Å². The Bertz CT molecular complexity index is 297. The Hall–Kier alpha value is -0.860. The quantitative estimate of drug-likeness (QED) is 0.784. The van der Waals surface area contributed by atoms with E-state index in [9.17, 15) is 0 Å². The predicted octanol–water partition coefficient (Wildman–Crippen LogP) is 3.53. The van der Waals surface area contributed by atoms with Gasteiger partial charge in [-0.25, -0.2) is 0 Å². The molecule has 0 aliphatic heterocycles. The first-order valence-corrected chi connectivity index (χ1v) is 6.57. The highest BCUT2D eigenvalue weighted by molar-refractivity contribution is 5.19. The molecule has 0 spiro atoms. The summed E-state index contributed by atoms with van der Waals surface area (Å²) in [6.45, 7) is 7.35. The second kappa shape index (κ2) is 7.46. The standard InChI is InChI=1S/C15H25NO/c1-4-14(17-11-10-12(2)3)15(16)13-8-6-5-7-9-13/h5-9,12,14-15H,4,10-11,16H2,1-3H3. The first-order chi connectivity index (χ1) is 8.15. The van der Waals surface area contributed by atoms with Crippen LogP contribution in [0.3, 0.4) is 0 Å². The highest BCUT2D eigenvalue weighted by Gasteiger charge is 2.18. The molecule has 1 rings (SSSR count). The van der Waals surface area contributed by atoms with Gasteiger partial charge in [0.15, 0.2) is 0 Å². The fourth-order valence-corrected chi connectivity index (χ4v) is 1.82. The molecule has 0 aromatic heterocycles. The molecule has 0 amide bonds. The zero-order valence-electron chi connectivity index (χ0n) is 11.2. The van der Waals surface area contributed by atoms with Gasteiger partial charge < -0.3 is 10.5 Å². The summed E-state index contributed by atoms with van der Waals surface area (Å²) in [6.07, 6.45) is 2.17. The molecule has 2 N–H and O–H groups in total.